The van der Waals surface area contributed by atoms with Gasteiger partial charge in [-0.1, -0.05) is 23.9 Å². The number of aryl methyl sites for hydroxylation is 2. The quantitative estimate of drug-likeness (QED) is 0.693. The first-order valence-corrected chi connectivity index (χ1v) is 7.66. The van der Waals surface area contributed by atoms with Crippen molar-refractivity contribution in [2.24, 2.45) is 0 Å². The zero-order valence-electron chi connectivity index (χ0n) is 12.6. The van der Waals surface area contributed by atoms with Crippen molar-refractivity contribution >= 4 is 23.4 Å². The third-order valence-corrected chi connectivity index (χ3v) is 3.88. The highest BCUT2D eigenvalue weighted by Gasteiger charge is 2.17. The number of anilines is 1. The lowest BCUT2D eigenvalue weighted by Crippen LogP contribution is -2.23. The highest BCUT2D eigenvalue weighted by Crippen LogP contribution is 2.22. The average Bonchev–Trinajstić information content (AvgIpc) is 2.46. The average molecular weight is 312 g/mol. The minimum atomic E-state index is -0.368. The smallest absolute Gasteiger partial charge is 0.237 e. The molecule has 112 valence electrons. The van der Waals surface area contributed by atoms with Crippen molar-refractivity contribution in [2.75, 3.05) is 5.32 Å². The fourth-order valence-corrected chi connectivity index (χ4v) is 2.76. The van der Waals surface area contributed by atoms with E-state index in [1.54, 1.807) is 31.2 Å². The standard InChI is InChI=1S/C16H16N4OS/c1-10-8-11(2)19-16(18-10)22-12(3)15(21)20-14-7-5-4-6-13(14)9-17/h4-8,12H,1-3H3,(H,20,21). The SMILES string of the molecule is Cc1cc(C)nc(SC(C)C(=O)Nc2ccccc2C#N)n1. The number of carbonyl (C=O) groups excluding carboxylic acids is 1. The van der Waals surface area contributed by atoms with Crippen molar-refractivity contribution in [3.05, 3.63) is 47.3 Å². The molecule has 0 bridgehead atoms. The molecule has 0 saturated heterocycles. The van der Waals surface area contributed by atoms with Crippen LogP contribution in [0.2, 0.25) is 0 Å². The Hall–Kier alpha value is -2.39. The summed E-state index contributed by atoms with van der Waals surface area (Å²) in [6.45, 7) is 5.58. The van der Waals surface area contributed by atoms with Crippen molar-refractivity contribution in [1.82, 2.24) is 9.97 Å². The Morgan fingerprint density at radius 3 is 2.55 bits per heavy atom. The lowest BCUT2D eigenvalue weighted by atomic mass is 10.2. The molecule has 1 unspecified atom stereocenters. The fraction of sp³-hybridized carbons (Fsp3) is 0.250. The maximum atomic E-state index is 12.3. The second-order valence-electron chi connectivity index (χ2n) is 4.84. The number of thioether (sulfide) groups is 1. The number of nitriles is 1. The van der Waals surface area contributed by atoms with Crippen LogP contribution in [0.25, 0.3) is 0 Å². The van der Waals surface area contributed by atoms with E-state index in [-0.39, 0.29) is 11.2 Å². The van der Waals surface area contributed by atoms with Crippen LogP contribution in [0.15, 0.2) is 35.5 Å². The first-order chi connectivity index (χ1) is 10.5. The summed E-state index contributed by atoms with van der Waals surface area (Å²) in [5, 5.41) is 12.0. The van der Waals surface area contributed by atoms with E-state index in [2.05, 4.69) is 21.4 Å². The molecule has 1 amide bonds. The molecule has 1 aromatic heterocycles. The normalized spacial score (nSPS) is 11.5. The van der Waals surface area contributed by atoms with Gasteiger partial charge in [-0.3, -0.25) is 4.79 Å². The molecule has 0 spiro atoms. The van der Waals surface area contributed by atoms with Crippen molar-refractivity contribution in [1.29, 1.82) is 5.26 Å². The highest BCUT2D eigenvalue weighted by atomic mass is 32.2. The predicted octanol–water partition coefficient (Wildman–Crippen LogP) is 3.08. The lowest BCUT2D eigenvalue weighted by Gasteiger charge is -2.12. The van der Waals surface area contributed by atoms with Crippen LogP contribution in [0.4, 0.5) is 5.69 Å². The molecule has 5 nitrogen and oxygen atoms in total. The number of nitrogens with zero attached hydrogens (tertiary/aromatic N) is 3. The van der Waals surface area contributed by atoms with Gasteiger partial charge in [-0.25, -0.2) is 9.97 Å². The van der Waals surface area contributed by atoms with Gasteiger partial charge in [0.15, 0.2) is 5.16 Å². The van der Waals surface area contributed by atoms with E-state index in [4.69, 9.17) is 5.26 Å². The second-order valence-corrected chi connectivity index (χ2v) is 6.15. The van der Waals surface area contributed by atoms with E-state index in [0.717, 1.165) is 11.4 Å². The molecule has 0 radical (unpaired) electrons. The molecule has 0 aliphatic rings. The number of carbonyl (C=O) groups is 1. The van der Waals surface area contributed by atoms with Gasteiger partial charge in [-0.2, -0.15) is 5.26 Å². The van der Waals surface area contributed by atoms with Gasteiger partial charge in [-0.05, 0) is 39.0 Å². The predicted molar refractivity (Wildman–Crippen MR) is 86.6 cm³/mol. The van der Waals surface area contributed by atoms with E-state index in [9.17, 15) is 4.79 Å². The summed E-state index contributed by atoms with van der Waals surface area (Å²) >= 11 is 1.30. The van der Waals surface area contributed by atoms with E-state index in [0.29, 0.717) is 16.4 Å². The van der Waals surface area contributed by atoms with Crippen molar-refractivity contribution in [3.8, 4) is 6.07 Å². The third-order valence-electron chi connectivity index (χ3n) is 2.92. The molecule has 22 heavy (non-hydrogen) atoms. The Kier molecular flexibility index (Phi) is 5.12. The summed E-state index contributed by atoms with van der Waals surface area (Å²) in [6, 6.07) is 10.9. The topological polar surface area (TPSA) is 78.7 Å². The number of hydrogen-bond donors (Lipinski definition) is 1. The Morgan fingerprint density at radius 1 is 1.27 bits per heavy atom. The molecule has 1 aromatic carbocycles. The summed E-state index contributed by atoms with van der Waals surface area (Å²) in [6.07, 6.45) is 0. The van der Waals surface area contributed by atoms with Crippen LogP contribution < -0.4 is 5.32 Å². The molecule has 2 rings (SSSR count). The number of amides is 1. The molecule has 0 saturated carbocycles. The number of aromatic nitrogens is 2. The first-order valence-electron chi connectivity index (χ1n) is 6.78. The molecular weight excluding hydrogens is 296 g/mol. The fourth-order valence-electron chi connectivity index (χ4n) is 1.88. The number of para-hydroxylation sites is 1. The van der Waals surface area contributed by atoms with Crippen LogP contribution in [-0.2, 0) is 4.79 Å². The Balaban J connectivity index is 2.08. The summed E-state index contributed by atoms with van der Waals surface area (Å²) < 4.78 is 0. The highest BCUT2D eigenvalue weighted by molar-refractivity contribution is 8.00. The molecule has 0 aliphatic heterocycles. The van der Waals surface area contributed by atoms with Gasteiger partial charge in [0, 0.05) is 11.4 Å². The number of hydrogen-bond acceptors (Lipinski definition) is 5. The van der Waals surface area contributed by atoms with Gasteiger partial charge >= 0.3 is 0 Å². The summed E-state index contributed by atoms with van der Waals surface area (Å²) in [5.74, 6) is -0.185. The van der Waals surface area contributed by atoms with Gasteiger partial charge in [0.1, 0.15) is 6.07 Å². The van der Waals surface area contributed by atoms with Crippen LogP contribution in [0.1, 0.15) is 23.9 Å². The van der Waals surface area contributed by atoms with Crippen LogP contribution in [0.3, 0.4) is 0 Å². The van der Waals surface area contributed by atoms with Crippen molar-refractivity contribution < 1.29 is 4.79 Å². The molecule has 0 aliphatic carbocycles. The minimum Gasteiger partial charge on any atom is -0.324 e. The molecule has 1 heterocycles. The van der Waals surface area contributed by atoms with E-state index in [1.165, 1.54) is 11.8 Å². The maximum Gasteiger partial charge on any atom is 0.237 e. The van der Waals surface area contributed by atoms with Crippen LogP contribution in [0, 0.1) is 25.2 Å². The van der Waals surface area contributed by atoms with Crippen LogP contribution in [0.5, 0.6) is 0 Å². The van der Waals surface area contributed by atoms with Crippen molar-refractivity contribution in [2.45, 2.75) is 31.2 Å². The van der Waals surface area contributed by atoms with Crippen LogP contribution >= 0.6 is 11.8 Å². The van der Waals surface area contributed by atoms with E-state index < -0.39 is 0 Å². The minimum absolute atomic E-state index is 0.185. The van der Waals surface area contributed by atoms with Crippen molar-refractivity contribution in [3.63, 3.8) is 0 Å². The summed E-state index contributed by atoms with van der Waals surface area (Å²) in [5.41, 5.74) is 2.70. The Bertz CT molecular complexity index is 719. The van der Waals surface area contributed by atoms with E-state index >= 15 is 0 Å². The van der Waals surface area contributed by atoms with Gasteiger partial charge < -0.3 is 5.32 Å². The Morgan fingerprint density at radius 2 is 1.91 bits per heavy atom. The monoisotopic (exact) mass is 312 g/mol. The zero-order valence-corrected chi connectivity index (χ0v) is 13.4. The van der Waals surface area contributed by atoms with Gasteiger partial charge in [-0.15, -0.1) is 0 Å². The number of benzene rings is 1. The van der Waals surface area contributed by atoms with E-state index in [1.807, 2.05) is 19.9 Å². The van der Waals surface area contributed by atoms with Gasteiger partial charge in [0.05, 0.1) is 16.5 Å². The first kappa shape index (κ1) is 16.0. The molecule has 6 heteroatoms. The lowest BCUT2D eigenvalue weighted by molar-refractivity contribution is -0.115. The zero-order chi connectivity index (χ0) is 16.1. The van der Waals surface area contributed by atoms with Gasteiger partial charge in [0.25, 0.3) is 0 Å². The van der Waals surface area contributed by atoms with Gasteiger partial charge in [0.2, 0.25) is 5.91 Å². The molecular formula is C16H16N4OS. The maximum absolute atomic E-state index is 12.3. The molecule has 2 aromatic rings. The molecule has 1 atom stereocenters. The van der Waals surface area contributed by atoms with Crippen LogP contribution in [-0.4, -0.2) is 21.1 Å². The number of rotatable bonds is 4. The summed E-state index contributed by atoms with van der Waals surface area (Å²) in [4.78, 5) is 20.9. The molecule has 1 N–H and O–H groups in total. The number of nitrogens with one attached hydrogen (secondary N) is 1. The Labute approximate surface area is 133 Å². The second kappa shape index (κ2) is 7.05. The molecule has 0 fully saturated rings. The largest absolute Gasteiger partial charge is 0.324 e. The third kappa shape index (κ3) is 4.06. The summed E-state index contributed by atoms with van der Waals surface area (Å²) in [7, 11) is 0.